The maximum atomic E-state index is 10.2. The number of aromatic nitrogens is 2. The molecule has 2 rings (SSSR count). The molecule has 2 aromatic rings. The van der Waals surface area contributed by atoms with E-state index < -0.39 is 0 Å². The van der Waals surface area contributed by atoms with Crippen LogP contribution in [0.1, 0.15) is 11.1 Å². The maximum absolute atomic E-state index is 10.2. The molecule has 0 saturated carbocycles. The molecule has 5 nitrogen and oxygen atoms in total. The molecular weight excluding hydrogens is 218 g/mol. The van der Waals surface area contributed by atoms with Crippen LogP contribution in [0.2, 0.25) is 0 Å². The normalized spacial score (nSPS) is 10.5. The minimum atomic E-state index is 0.0955. The first kappa shape index (κ1) is 11.3. The number of phenolic OH excluding ortho intramolecular Hbond substituents is 1. The van der Waals surface area contributed by atoms with Gasteiger partial charge in [0, 0.05) is 11.1 Å². The van der Waals surface area contributed by atoms with Gasteiger partial charge in [0.2, 0.25) is 0 Å². The summed E-state index contributed by atoms with van der Waals surface area (Å²) in [6.45, 7) is 3.79. The van der Waals surface area contributed by atoms with Crippen molar-refractivity contribution in [2.75, 3.05) is 12.8 Å². The summed E-state index contributed by atoms with van der Waals surface area (Å²) in [4.78, 5) is 0. The third-order valence-electron chi connectivity index (χ3n) is 2.78. The van der Waals surface area contributed by atoms with Crippen molar-refractivity contribution < 1.29 is 9.84 Å². The first-order valence-corrected chi connectivity index (χ1v) is 5.22. The van der Waals surface area contributed by atoms with Crippen molar-refractivity contribution in [3.05, 3.63) is 23.4 Å². The summed E-state index contributed by atoms with van der Waals surface area (Å²) in [6, 6.07) is 1.94. The lowest BCUT2D eigenvalue weighted by molar-refractivity contribution is 0.371. The molecule has 0 fully saturated rings. The second-order valence-electron chi connectivity index (χ2n) is 3.96. The van der Waals surface area contributed by atoms with Crippen LogP contribution in [0.15, 0.2) is 12.3 Å². The predicted molar refractivity (Wildman–Crippen MR) is 66.1 cm³/mol. The molecule has 0 amide bonds. The first-order chi connectivity index (χ1) is 8.06. The van der Waals surface area contributed by atoms with E-state index in [1.165, 1.54) is 7.11 Å². The Morgan fingerprint density at radius 2 is 2.06 bits per heavy atom. The summed E-state index contributed by atoms with van der Waals surface area (Å²) >= 11 is 0. The number of benzene rings is 1. The molecule has 0 spiro atoms. The zero-order valence-electron chi connectivity index (χ0n) is 10.0. The van der Waals surface area contributed by atoms with Gasteiger partial charge in [0.05, 0.1) is 13.3 Å². The van der Waals surface area contributed by atoms with Crippen LogP contribution in [-0.2, 0) is 0 Å². The van der Waals surface area contributed by atoms with Crippen LogP contribution in [0.5, 0.6) is 11.5 Å². The number of ether oxygens (including phenoxy) is 1. The number of nitrogens with zero attached hydrogens (tertiary/aromatic N) is 1. The molecule has 0 aliphatic heterocycles. The van der Waals surface area contributed by atoms with Crippen molar-refractivity contribution in [2.45, 2.75) is 13.8 Å². The molecule has 4 N–H and O–H groups in total. The van der Waals surface area contributed by atoms with E-state index in [1.807, 2.05) is 19.9 Å². The molecule has 17 heavy (non-hydrogen) atoms. The molecule has 0 unspecified atom stereocenters. The molecular formula is C12H15N3O2. The number of aromatic amines is 1. The van der Waals surface area contributed by atoms with E-state index >= 15 is 0 Å². The topological polar surface area (TPSA) is 84.2 Å². The van der Waals surface area contributed by atoms with Gasteiger partial charge in [0.15, 0.2) is 11.5 Å². The average Bonchev–Trinajstić information content (AvgIpc) is 2.65. The van der Waals surface area contributed by atoms with Gasteiger partial charge < -0.3 is 15.6 Å². The van der Waals surface area contributed by atoms with Gasteiger partial charge in [0.25, 0.3) is 0 Å². The average molecular weight is 233 g/mol. The third-order valence-corrected chi connectivity index (χ3v) is 2.78. The number of aromatic hydroxyl groups is 1. The number of methoxy groups -OCH3 is 1. The molecule has 0 saturated heterocycles. The number of phenols is 1. The summed E-state index contributed by atoms with van der Waals surface area (Å²) in [5.41, 5.74) is 8.91. The highest BCUT2D eigenvalue weighted by atomic mass is 16.5. The molecule has 0 radical (unpaired) electrons. The number of anilines is 1. The van der Waals surface area contributed by atoms with Crippen molar-refractivity contribution in [1.82, 2.24) is 10.2 Å². The fourth-order valence-electron chi connectivity index (χ4n) is 2.04. The zero-order chi connectivity index (χ0) is 12.6. The maximum Gasteiger partial charge on any atom is 0.166 e. The van der Waals surface area contributed by atoms with Gasteiger partial charge in [-0.05, 0) is 25.0 Å². The highest BCUT2D eigenvalue weighted by Crippen LogP contribution is 2.43. The van der Waals surface area contributed by atoms with Crippen LogP contribution in [0.3, 0.4) is 0 Å². The third kappa shape index (κ3) is 1.69. The number of rotatable bonds is 2. The molecule has 0 atom stereocenters. The minimum Gasteiger partial charge on any atom is -0.504 e. The van der Waals surface area contributed by atoms with E-state index in [9.17, 15) is 5.11 Å². The van der Waals surface area contributed by atoms with Crippen LogP contribution in [0.4, 0.5) is 5.82 Å². The van der Waals surface area contributed by atoms with E-state index in [0.717, 1.165) is 11.1 Å². The van der Waals surface area contributed by atoms with E-state index in [4.69, 9.17) is 10.5 Å². The predicted octanol–water partition coefficient (Wildman–Crippen LogP) is 1.99. The molecule has 0 bridgehead atoms. The lowest BCUT2D eigenvalue weighted by atomic mass is 9.98. The largest absolute Gasteiger partial charge is 0.504 e. The summed E-state index contributed by atoms with van der Waals surface area (Å²) < 4.78 is 5.19. The number of hydrogen-bond acceptors (Lipinski definition) is 4. The quantitative estimate of drug-likeness (QED) is 0.740. The molecule has 5 heteroatoms. The van der Waals surface area contributed by atoms with Crippen LogP contribution in [-0.4, -0.2) is 22.4 Å². The first-order valence-electron chi connectivity index (χ1n) is 5.22. The zero-order valence-corrected chi connectivity index (χ0v) is 10.0. The Bertz CT molecular complexity index is 561. The van der Waals surface area contributed by atoms with Crippen molar-refractivity contribution in [1.29, 1.82) is 0 Å². The Morgan fingerprint density at radius 1 is 1.35 bits per heavy atom. The second kappa shape index (κ2) is 4.01. The van der Waals surface area contributed by atoms with E-state index in [2.05, 4.69) is 10.2 Å². The second-order valence-corrected chi connectivity index (χ2v) is 3.96. The standard InChI is InChI=1S/C12H15N3O2/c1-6-4-7(2)11(17-3)10(16)9(6)8-5-14-15-12(8)13/h4-5,16H,1-3H3,(H3,13,14,15). The lowest BCUT2D eigenvalue weighted by Crippen LogP contribution is -1.95. The Kier molecular flexibility index (Phi) is 2.67. The summed E-state index contributed by atoms with van der Waals surface area (Å²) in [5, 5.41) is 16.7. The molecule has 1 aromatic carbocycles. The van der Waals surface area contributed by atoms with Crippen molar-refractivity contribution in [2.24, 2.45) is 0 Å². The SMILES string of the molecule is COc1c(C)cc(C)c(-c2cn[nH]c2N)c1O. The number of hydrogen-bond donors (Lipinski definition) is 3. The van der Waals surface area contributed by atoms with E-state index in [-0.39, 0.29) is 5.75 Å². The summed E-state index contributed by atoms with van der Waals surface area (Å²) in [7, 11) is 1.53. The van der Waals surface area contributed by atoms with Crippen LogP contribution < -0.4 is 10.5 Å². The van der Waals surface area contributed by atoms with E-state index in [0.29, 0.717) is 22.7 Å². The Hall–Kier alpha value is -2.17. The summed E-state index contributed by atoms with van der Waals surface area (Å²) in [5.74, 6) is 0.985. The van der Waals surface area contributed by atoms with E-state index in [1.54, 1.807) is 6.20 Å². The fraction of sp³-hybridized carbons (Fsp3) is 0.250. The Balaban J connectivity index is 2.74. The number of H-pyrrole nitrogens is 1. The number of nitrogen functional groups attached to an aromatic ring is 1. The van der Waals surface area contributed by atoms with Gasteiger partial charge in [0.1, 0.15) is 5.82 Å². The smallest absolute Gasteiger partial charge is 0.166 e. The van der Waals surface area contributed by atoms with Crippen molar-refractivity contribution in [3.8, 4) is 22.6 Å². The van der Waals surface area contributed by atoms with Crippen molar-refractivity contribution >= 4 is 5.82 Å². The van der Waals surface area contributed by atoms with Gasteiger partial charge in [-0.1, -0.05) is 6.07 Å². The van der Waals surface area contributed by atoms with Gasteiger partial charge in [-0.15, -0.1) is 0 Å². The van der Waals surface area contributed by atoms with Gasteiger partial charge >= 0.3 is 0 Å². The highest BCUT2D eigenvalue weighted by Gasteiger charge is 2.18. The Morgan fingerprint density at radius 3 is 2.59 bits per heavy atom. The Labute approximate surface area is 99.2 Å². The molecule has 90 valence electrons. The number of nitrogens with two attached hydrogens (primary N) is 1. The van der Waals surface area contributed by atoms with Crippen LogP contribution in [0.25, 0.3) is 11.1 Å². The molecule has 1 heterocycles. The molecule has 1 aromatic heterocycles. The number of aryl methyl sites for hydroxylation is 2. The van der Waals surface area contributed by atoms with Crippen LogP contribution >= 0.6 is 0 Å². The molecule has 0 aliphatic carbocycles. The van der Waals surface area contributed by atoms with Gasteiger partial charge in [-0.3, -0.25) is 5.10 Å². The van der Waals surface area contributed by atoms with Gasteiger partial charge in [-0.2, -0.15) is 5.10 Å². The highest BCUT2D eigenvalue weighted by molar-refractivity contribution is 5.83. The summed E-state index contributed by atoms with van der Waals surface area (Å²) in [6.07, 6.45) is 1.59. The fourth-order valence-corrected chi connectivity index (χ4v) is 2.04. The number of nitrogens with one attached hydrogen (secondary N) is 1. The monoisotopic (exact) mass is 233 g/mol. The minimum absolute atomic E-state index is 0.0955. The van der Waals surface area contributed by atoms with Crippen LogP contribution in [0, 0.1) is 13.8 Å². The van der Waals surface area contributed by atoms with Crippen molar-refractivity contribution in [3.63, 3.8) is 0 Å². The molecule has 0 aliphatic rings. The lowest BCUT2D eigenvalue weighted by Gasteiger charge is -2.14. The van der Waals surface area contributed by atoms with Gasteiger partial charge in [-0.25, -0.2) is 0 Å².